The Kier molecular flexibility index (Phi) is 3.73. The van der Waals surface area contributed by atoms with E-state index in [-0.39, 0.29) is 5.56 Å². The molecule has 0 bridgehead atoms. The Morgan fingerprint density at radius 1 is 1.29 bits per heavy atom. The lowest BCUT2D eigenvalue weighted by atomic mass is 10.2. The predicted molar refractivity (Wildman–Crippen MR) is 85.3 cm³/mol. The molecule has 2 heterocycles. The van der Waals surface area contributed by atoms with Gasteiger partial charge < -0.3 is 4.98 Å². The van der Waals surface area contributed by atoms with Crippen molar-refractivity contribution in [3.05, 3.63) is 69.5 Å². The largest absolute Gasteiger partial charge is 0.305 e. The first-order valence-corrected chi connectivity index (χ1v) is 6.86. The topological polar surface area (TPSA) is 58.6 Å². The maximum Gasteiger partial charge on any atom is 0.259 e. The number of hydrogen-bond acceptors (Lipinski definition) is 3. The molecule has 21 heavy (non-hydrogen) atoms. The van der Waals surface area contributed by atoms with Gasteiger partial charge in [0.2, 0.25) is 0 Å². The quantitative estimate of drug-likeness (QED) is 0.783. The van der Waals surface area contributed by atoms with Crippen LogP contribution >= 0.6 is 23.2 Å². The van der Waals surface area contributed by atoms with E-state index in [1.165, 1.54) is 0 Å². The number of H-pyrrole nitrogens is 1. The van der Waals surface area contributed by atoms with Crippen molar-refractivity contribution in [1.29, 1.82) is 0 Å². The highest BCUT2D eigenvalue weighted by molar-refractivity contribution is 6.50. The van der Waals surface area contributed by atoms with Crippen molar-refractivity contribution in [3.8, 4) is 0 Å². The minimum atomic E-state index is -0.260. The van der Waals surface area contributed by atoms with Crippen molar-refractivity contribution in [2.24, 2.45) is 0 Å². The molecule has 0 saturated heterocycles. The molecule has 6 heteroatoms. The van der Waals surface area contributed by atoms with Gasteiger partial charge in [-0.05, 0) is 35.9 Å². The number of fused-ring (bicyclic) bond motifs is 1. The minimum absolute atomic E-state index is 0.260. The van der Waals surface area contributed by atoms with Crippen LogP contribution in [0.3, 0.4) is 0 Å². The van der Waals surface area contributed by atoms with Gasteiger partial charge in [0.15, 0.2) is 5.82 Å². The third-order valence-electron chi connectivity index (χ3n) is 2.87. The number of benzene rings is 1. The van der Waals surface area contributed by atoms with Crippen LogP contribution in [0.2, 0.25) is 5.02 Å². The van der Waals surface area contributed by atoms with E-state index in [0.29, 0.717) is 26.8 Å². The Balaban J connectivity index is 2.12. The molecule has 104 valence electrons. The van der Waals surface area contributed by atoms with Crippen molar-refractivity contribution >= 4 is 45.2 Å². The second-order valence-electron chi connectivity index (χ2n) is 4.35. The average molecular weight is 318 g/mol. The smallest absolute Gasteiger partial charge is 0.259 e. The van der Waals surface area contributed by atoms with E-state index in [1.54, 1.807) is 42.7 Å². The normalized spacial score (nSPS) is 11.8. The molecule has 1 N–H and O–H groups in total. The molecule has 0 amide bonds. The zero-order valence-corrected chi connectivity index (χ0v) is 12.2. The maximum atomic E-state index is 12.0. The van der Waals surface area contributed by atoms with Crippen LogP contribution in [0.5, 0.6) is 0 Å². The Morgan fingerprint density at radius 3 is 2.90 bits per heavy atom. The summed E-state index contributed by atoms with van der Waals surface area (Å²) in [6, 6.07) is 8.56. The first-order valence-electron chi connectivity index (χ1n) is 6.11. The van der Waals surface area contributed by atoms with Crippen LogP contribution in [-0.2, 0) is 0 Å². The number of pyridine rings is 1. The van der Waals surface area contributed by atoms with Gasteiger partial charge in [-0.25, -0.2) is 4.98 Å². The molecule has 0 aliphatic rings. The first kappa shape index (κ1) is 13.8. The zero-order chi connectivity index (χ0) is 14.8. The third kappa shape index (κ3) is 2.96. The number of nitrogens with zero attached hydrogens (tertiary/aromatic N) is 2. The van der Waals surface area contributed by atoms with Gasteiger partial charge in [-0.15, -0.1) is 0 Å². The van der Waals surface area contributed by atoms with Crippen LogP contribution in [0, 0.1) is 0 Å². The average Bonchev–Trinajstić information content (AvgIpc) is 2.47. The van der Waals surface area contributed by atoms with E-state index in [0.717, 1.165) is 5.56 Å². The third-order valence-corrected chi connectivity index (χ3v) is 3.40. The number of hydrogen-bond donors (Lipinski definition) is 1. The lowest BCUT2D eigenvalue weighted by Gasteiger charge is -2.02. The van der Waals surface area contributed by atoms with Crippen molar-refractivity contribution in [3.63, 3.8) is 0 Å². The number of rotatable bonds is 2. The monoisotopic (exact) mass is 317 g/mol. The lowest BCUT2D eigenvalue weighted by Crippen LogP contribution is -2.10. The van der Waals surface area contributed by atoms with Crippen LogP contribution in [-0.4, -0.2) is 15.0 Å². The Hall–Kier alpha value is -2.17. The summed E-state index contributed by atoms with van der Waals surface area (Å²) in [5, 5.41) is 1.30. The summed E-state index contributed by atoms with van der Waals surface area (Å²) in [7, 11) is 0. The molecule has 0 fully saturated rings. The molecule has 2 aromatic heterocycles. The van der Waals surface area contributed by atoms with E-state index >= 15 is 0 Å². The number of aromatic nitrogens is 3. The summed E-state index contributed by atoms with van der Waals surface area (Å²) >= 11 is 12.1. The van der Waals surface area contributed by atoms with Gasteiger partial charge in [0.1, 0.15) is 0 Å². The van der Waals surface area contributed by atoms with Crippen molar-refractivity contribution < 1.29 is 0 Å². The van der Waals surface area contributed by atoms with Crippen molar-refractivity contribution in [2.45, 2.75) is 0 Å². The molecule has 0 atom stereocenters. The predicted octanol–water partition coefficient (Wildman–Crippen LogP) is 3.71. The lowest BCUT2D eigenvalue weighted by molar-refractivity contribution is 1.14. The molecule has 0 unspecified atom stereocenters. The van der Waals surface area contributed by atoms with Gasteiger partial charge in [0, 0.05) is 17.4 Å². The van der Waals surface area contributed by atoms with Crippen LogP contribution in [0.4, 0.5) is 0 Å². The highest BCUT2D eigenvalue weighted by atomic mass is 35.5. The van der Waals surface area contributed by atoms with Crippen LogP contribution in [0.15, 0.2) is 47.5 Å². The molecule has 3 rings (SSSR count). The van der Waals surface area contributed by atoms with E-state index in [2.05, 4.69) is 15.0 Å². The summed E-state index contributed by atoms with van der Waals surface area (Å²) in [5.41, 5.74) is 1.06. The van der Waals surface area contributed by atoms with Gasteiger partial charge in [-0.2, -0.15) is 0 Å². The summed E-state index contributed by atoms with van der Waals surface area (Å²) in [4.78, 5) is 23.0. The summed E-state index contributed by atoms with van der Waals surface area (Å²) in [6.07, 6.45) is 5.02. The molecule has 0 saturated carbocycles. The highest BCUT2D eigenvalue weighted by Gasteiger charge is 2.07. The number of aromatic amines is 1. The fraction of sp³-hybridized carbons (Fsp3) is 0. The van der Waals surface area contributed by atoms with Crippen LogP contribution < -0.4 is 5.56 Å². The molecule has 1 aromatic carbocycles. The Bertz CT molecular complexity index is 888. The fourth-order valence-corrected chi connectivity index (χ4v) is 2.28. The molecule has 3 aromatic rings. The highest BCUT2D eigenvalue weighted by Crippen LogP contribution is 2.20. The van der Waals surface area contributed by atoms with E-state index < -0.39 is 0 Å². The summed E-state index contributed by atoms with van der Waals surface area (Å²) in [6.45, 7) is 0. The zero-order valence-electron chi connectivity index (χ0n) is 10.7. The molecular weight excluding hydrogens is 309 g/mol. The van der Waals surface area contributed by atoms with E-state index in [9.17, 15) is 4.79 Å². The molecule has 4 nitrogen and oxygen atoms in total. The Labute approximate surface area is 130 Å². The van der Waals surface area contributed by atoms with E-state index in [4.69, 9.17) is 23.2 Å². The van der Waals surface area contributed by atoms with Gasteiger partial charge in [-0.3, -0.25) is 9.78 Å². The second-order valence-corrected chi connectivity index (χ2v) is 5.20. The molecule has 0 radical (unpaired) electrons. The van der Waals surface area contributed by atoms with Crippen molar-refractivity contribution in [1.82, 2.24) is 15.0 Å². The van der Waals surface area contributed by atoms with Crippen LogP contribution in [0.25, 0.3) is 22.0 Å². The van der Waals surface area contributed by atoms with Crippen LogP contribution in [0.1, 0.15) is 11.4 Å². The molecule has 0 aliphatic carbocycles. The van der Waals surface area contributed by atoms with Gasteiger partial charge in [0.25, 0.3) is 5.56 Å². The van der Waals surface area contributed by atoms with Gasteiger partial charge >= 0.3 is 0 Å². The Morgan fingerprint density at radius 2 is 2.14 bits per heavy atom. The SMILES string of the molecule is O=c1[nH]c(/C(Cl)=C/c2cccnc2)nc2cc(Cl)ccc12. The first-order chi connectivity index (χ1) is 10.1. The molecule has 0 aliphatic heterocycles. The fourth-order valence-electron chi connectivity index (χ4n) is 1.90. The summed E-state index contributed by atoms with van der Waals surface area (Å²) in [5.74, 6) is 0.292. The number of nitrogens with one attached hydrogen (secondary N) is 1. The van der Waals surface area contributed by atoms with Gasteiger partial charge in [0.05, 0.1) is 15.9 Å². The molecular formula is C15H9Cl2N3O. The van der Waals surface area contributed by atoms with Crippen molar-refractivity contribution in [2.75, 3.05) is 0 Å². The minimum Gasteiger partial charge on any atom is -0.305 e. The molecule has 0 spiro atoms. The van der Waals surface area contributed by atoms with Gasteiger partial charge in [-0.1, -0.05) is 29.3 Å². The standard InChI is InChI=1S/C15H9Cl2N3O/c16-10-3-4-11-13(7-10)19-14(20-15(11)21)12(17)6-9-2-1-5-18-8-9/h1-8H,(H,19,20,21)/b12-6-. The maximum absolute atomic E-state index is 12.0. The second kappa shape index (κ2) is 5.68. The van der Waals surface area contributed by atoms with E-state index in [1.807, 2.05) is 6.07 Å². The number of halogens is 2. The summed E-state index contributed by atoms with van der Waals surface area (Å²) < 4.78 is 0.